The Kier molecular flexibility index (Phi) is 2.40. The normalized spacial score (nSPS) is 9.93. The predicted molar refractivity (Wildman–Crippen MR) is 56.2 cm³/mol. The van der Waals surface area contributed by atoms with Crippen molar-refractivity contribution >= 4 is 11.6 Å². The van der Waals surface area contributed by atoms with Crippen molar-refractivity contribution in [3.8, 4) is 17.6 Å². The van der Waals surface area contributed by atoms with E-state index in [0.29, 0.717) is 17.2 Å². The number of pyridine rings is 1. The fraction of sp³-hybridized carbons (Fsp3) is 0.100. The van der Waals surface area contributed by atoms with E-state index in [0.717, 1.165) is 0 Å². The van der Waals surface area contributed by atoms with E-state index >= 15 is 0 Å². The summed E-state index contributed by atoms with van der Waals surface area (Å²) in [5.41, 5.74) is 1.04. The van der Waals surface area contributed by atoms with Crippen LogP contribution in [0.2, 0.25) is 5.15 Å². The Hall–Kier alpha value is -1.86. The molecule has 2 rings (SSSR count). The fourth-order valence-corrected chi connectivity index (χ4v) is 1.56. The van der Waals surface area contributed by atoms with Crippen molar-refractivity contribution in [2.24, 2.45) is 7.05 Å². The minimum atomic E-state index is 0.209. The first-order valence-electron chi connectivity index (χ1n) is 4.27. The molecule has 0 radical (unpaired) electrons. The number of nitriles is 1. The summed E-state index contributed by atoms with van der Waals surface area (Å²) in [4.78, 5) is 8.24. The average molecular weight is 219 g/mol. The quantitative estimate of drug-likeness (QED) is 0.736. The first kappa shape index (κ1) is 9.69. The molecule has 2 heterocycles. The summed E-state index contributed by atoms with van der Waals surface area (Å²) < 4.78 is 1.63. The Morgan fingerprint density at radius 3 is 2.80 bits per heavy atom. The molecule has 0 N–H and O–H groups in total. The van der Waals surface area contributed by atoms with E-state index in [-0.39, 0.29) is 5.15 Å². The zero-order valence-electron chi connectivity index (χ0n) is 7.98. The van der Waals surface area contributed by atoms with Gasteiger partial charge in [0, 0.05) is 13.2 Å². The smallest absolute Gasteiger partial charge is 0.166 e. The van der Waals surface area contributed by atoms with E-state index < -0.39 is 0 Å². The molecular formula is C10H7ClN4. The van der Waals surface area contributed by atoms with Crippen molar-refractivity contribution in [1.29, 1.82) is 5.26 Å². The van der Waals surface area contributed by atoms with Crippen molar-refractivity contribution in [1.82, 2.24) is 14.5 Å². The minimum absolute atomic E-state index is 0.209. The third-order valence-electron chi connectivity index (χ3n) is 2.05. The molecule has 74 valence electrons. The van der Waals surface area contributed by atoms with Crippen LogP contribution in [0.1, 0.15) is 5.69 Å². The Labute approximate surface area is 91.8 Å². The minimum Gasteiger partial charge on any atom is -0.316 e. The highest BCUT2D eigenvalue weighted by Gasteiger charge is 2.14. The summed E-state index contributed by atoms with van der Waals surface area (Å²) in [6.45, 7) is 0. The van der Waals surface area contributed by atoms with Crippen molar-refractivity contribution in [3.63, 3.8) is 0 Å². The van der Waals surface area contributed by atoms with Crippen LogP contribution in [0.25, 0.3) is 11.5 Å². The van der Waals surface area contributed by atoms with E-state index in [1.807, 2.05) is 24.3 Å². The summed E-state index contributed by atoms with van der Waals surface area (Å²) >= 11 is 5.82. The van der Waals surface area contributed by atoms with Crippen LogP contribution in [-0.2, 0) is 7.05 Å². The molecule has 0 bridgehead atoms. The summed E-state index contributed by atoms with van der Waals surface area (Å²) in [5.74, 6) is 0.595. The molecule has 0 spiro atoms. The lowest BCUT2D eigenvalue weighted by Crippen LogP contribution is -1.96. The lowest BCUT2D eigenvalue weighted by molar-refractivity contribution is 0.901. The van der Waals surface area contributed by atoms with Crippen molar-refractivity contribution in [2.45, 2.75) is 0 Å². The second kappa shape index (κ2) is 3.71. The average Bonchev–Trinajstić information content (AvgIpc) is 2.55. The van der Waals surface area contributed by atoms with Crippen LogP contribution in [0.3, 0.4) is 0 Å². The largest absolute Gasteiger partial charge is 0.316 e. The first-order chi connectivity index (χ1) is 7.24. The van der Waals surface area contributed by atoms with Crippen molar-refractivity contribution in [2.75, 3.05) is 0 Å². The molecule has 2 aromatic rings. The molecule has 0 fully saturated rings. The lowest BCUT2D eigenvalue weighted by atomic mass is 10.3. The number of hydrogen-bond acceptors (Lipinski definition) is 3. The van der Waals surface area contributed by atoms with E-state index in [9.17, 15) is 0 Å². The van der Waals surface area contributed by atoms with E-state index in [1.165, 1.54) is 0 Å². The third kappa shape index (κ3) is 1.58. The van der Waals surface area contributed by atoms with Gasteiger partial charge < -0.3 is 4.57 Å². The van der Waals surface area contributed by atoms with Gasteiger partial charge in [-0.1, -0.05) is 17.7 Å². The van der Waals surface area contributed by atoms with Gasteiger partial charge in [-0.25, -0.2) is 4.98 Å². The van der Waals surface area contributed by atoms with E-state index in [4.69, 9.17) is 16.9 Å². The number of imidazole rings is 1. The Morgan fingerprint density at radius 2 is 2.27 bits per heavy atom. The fourth-order valence-electron chi connectivity index (χ4n) is 1.31. The van der Waals surface area contributed by atoms with Gasteiger partial charge in [-0.15, -0.1) is 0 Å². The molecule has 0 unspecified atom stereocenters. The second-order valence-corrected chi connectivity index (χ2v) is 3.32. The van der Waals surface area contributed by atoms with Gasteiger partial charge in [-0.05, 0) is 12.1 Å². The van der Waals surface area contributed by atoms with E-state index in [2.05, 4.69) is 9.97 Å². The van der Waals surface area contributed by atoms with Gasteiger partial charge in [0.15, 0.2) is 16.7 Å². The third-order valence-corrected chi connectivity index (χ3v) is 2.32. The van der Waals surface area contributed by atoms with Crippen LogP contribution in [-0.4, -0.2) is 14.5 Å². The second-order valence-electron chi connectivity index (χ2n) is 2.96. The Balaban J connectivity index is 2.62. The van der Waals surface area contributed by atoms with E-state index in [1.54, 1.807) is 17.8 Å². The van der Waals surface area contributed by atoms with Gasteiger partial charge in [0.25, 0.3) is 0 Å². The number of nitrogens with zero attached hydrogens (tertiary/aromatic N) is 4. The van der Waals surface area contributed by atoms with Gasteiger partial charge in [0.2, 0.25) is 0 Å². The maximum absolute atomic E-state index is 8.84. The van der Waals surface area contributed by atoms with Gasteiger partial charge in [-0.3, -0.25) is 4.98 Å². The molecule has 2 aromatic heterocycles. The van der Waals surface area contributed by atoms with Crippen LogP contribution in [0.5, 0.6) is 0 Å². The highest BCUT2D eigenvalue weighted by atomic mass is 35.5. The monoisotopic (exact) mass is 218 g/mol. The Morgan fingerprint density at radius 1 is 1.47 bits per heavy atom. The molecule has 0 aromatic carbocycles. The zero-order valence-corrected chi connectivity index (χ0v) is 8.73. The number of hydrogen-bond donors (Lipinski definition) is 0. The van der Waals surface area contributed by atoms with Crippen LogP contribution in [0, 0.1) is 11.3 Å². The summed E-state index contributed by atoms with van der Waals surface area (Å²) in [5, 5.41) is 9.05. The van der Waals surface area contributed by atoms with Gasteiger partial charge in [-0.2, -0.15) is 5.26 Å². The van der Waals surface area contributed by atoms with Crippen LogP contribution >= 0.6 is 11.6 Å². The topological polar surface area (TPSA) is 54.5 Å². The number of halogens is 1. The molecule has 0 amide bonds. The molecule has 4 nitrogen and oxygen atoms in total. The summed E-state index contributed by atoms with van der Waals surface area (Å²) in [6.07, 6.45) is 1.67. The standard InChI is InChI=1S/C10H7ClN4/c1-15-8(6-12)9(11)14-10(15)7-4-2-3-5-13-7/h2-5H,1H3. The summed E-state index contributed by atoms with van der Waals surface area (Å²) in [7, 11) is 1.74. The zero-order chi connectivity index (χ0) is 10.8. The molecule has 0 saturated carbocycles. The maximum atomic E-state index is 8.84. The van der Waals surface area contributed by atoms with Crippen LogP contribution in [0.15, 0.2) is 24.4 Å². The molecule has 5 heteroatoms. The van der Waals surface area contributed by atoms with Crippen LogP contribution < -0.4 is 0 Å². The van der Waals surface area contributed by atoms with Crippen molar-refractivity contribution in [3.05, 3.63) is 35.2 Å². The van der Waals surface area contributed by atoms with Crippen LogP contribution in [0.4, 0.5) is 0 Å². The molecule has 15 heavy (non-hydrogen) atoms. The highest BCUT2D eigenvalue weighted by molar-refractivity contribution is 6.30. The van der Waals surface area contributed by atoms with Gasteiger partial charge in [0.1, 0.15) is 11.8 Å². The lowest BCUT2D eigenvalue weighted by Gasteiger charge is -1.99. The predicted octanol–water partition coefficient (Wildman–Crippen LogP) is 2.01. The molecular weight excluding hydrogens is 212 g/mol. The molecule has 0 aliphatic rings. The first-order valence-corrected chi connectivity index (χ1v) is 4.65. The number of rotatable bonds is 1. The Bertz CT molecular complexity index is 524. The molecule has 0 aliphatic heterocycles. The van der Waals surface area contributed by atoms with Gasteiger partial charge >= 0.3 is 0 Å². The summed E-state index contributed by atoms with van der Waals surface area (Å²) in [6, 6.07) is 7.49. The highest BCUT2D eigenvalue weighted by Crippen LogP contribution is 2.21. The SMILES string of the molecule is Cn1c(-c2ccccn2)nc(Cl)c1C#N. The maximum Gasteiger partial charge on any atom is 0.166 e. The van der Waals surface area contributed by atoms with Crippen molar-refractivity contribution < 1.29 is 0 Å². The molecule has 0 saturated heterocycles. The van der Waals surface area contributed by atoms with Gasteiger partial charge in [0.05, 0.1) is 0 Å². The molecule has 0 aliphatic carbocycles. The molecule has 0 atom stereocenters. The number of aromatic nitrogens is 3.